The molecule has 0 saturated carbocycles. The highest BCUT2D eigenvalue weighted by atomic mass is 16.5. The van der Waals surface area contributed by atoms with Crippen molar-refractivity contribution in [2.75, 3.05) is 23.4 Å². The van der Waals surface area contributed by atoms with Crippen LogP contribution in [0.4, 0.5) is 11.4 Å². The van der Waals surface area contributed by atoms with Crippen LogP contribution in [0.2, 0.25) is 0 Å². The van der Waals surface area contributed by atoms with Crippen molar-refractivity contribution in [3.8, 4) is 5.75 Å². The van der Waals surface area contributed by atoms with Gasteiger partial charge in [0.05, 0.1) is 5.56 Å². The van der Waals surface area contributed by atoms with Gasteiger partial charge in [0.25, 0.3) is 5.91 Å². The van der Waals surface area contributed by atoms with Crippen LogP contribution >= 0.6 is 0 Å². The lowest BCUT2D eigenvalue weighted by Gasteiger charge is -2.16. The number of hydrogen-bond acceptors (Lipinski definition) is 5. The summed E-state index contributed by atoms with van der Waals surface area (Å²) in [7, 11) is 0. The molecule has 1 fully saturated rings. The molecule has 0 unspecified atom stereocenters. The maximum absolute atomic E-state index is 11.9. The van der Waals surface area contributed by atoms with E-state index in [1.165, 1.54) is 24.3 Å². The Morgan fingerprint density at radius 3 is 2.58 bits per heavy atom. The van der Waals surface area contributed by atoms with E-state index in [1.54, 1.807) is 29.2 Å². The lowest BCUT2D eigenvalue weighted by molar-refractivity contribution is -0.119. The molecule has 0 bridgehead atoms. The van der Waals surface area contributed by atoms with Crippen LogP contribution in [0.5, 0.6) is 5.75 Å². The van der Waals surface area contributed by atoms with E-state index in [1.807, 2.05) is 0 Å². The highest BCUT2D eigenvalue weighted by Gasteiger charge is 2.21. The second-order valence-electron chi connectivity index (χ2n) is 5.87. The molecule has 26 heavy (non-hydrogen) atoms. The second kappa shape index (κ2) is 7.69. The molecule has 1 saturated heterocycles. The maximum Gasteiger partial charge on any atom is 0.338 e. The zero-order valence-electron chi connectivity index (χ0n) is 14.0. The molecular formula is C19H18N2O5. The number of nitrogens with zero attached hydrogens (tertiary/aromatic N) is 1. The molecular weight excluding hydrogens is 336 g/mol. The van der Waals surface area contributed by atoms with E-state index in [0.717, 1.165) is 12.1 Å². The van der Waals surface area contributed by atoms with Gasteiger partial charge in [0.15, 0.2) is 6.61 Å². The van der Waals surface area contributed by atoms with Crippen LogP contribution in [-0.2, 0) is 14.3 Å². The molecule has 1 aliphatic rings. The summed E-state index contributed by atoms with van der Waals surface area (Å²) in [5.41, 5.74) is 1.50. The Balaban J connectivity index is 1.51. The number of phenols is 1. The van der Waals surface area contributed by atoms with Crippen molar-refractivity contribution >= 4 is 29.2 Å². The molecule has 134 valence electrons. The first-order valence-corrected chi connectivity index (χ1v) is 8.19. The summed E-state index contributed by atoms with van der Waals surface area (Å²) >= 11 is 0. The van der Waals surface area contributed by atoms with Gasteiger partial charge in [-0.3, -0.25) is 9.59 Å². The van der Waals surface area contributed by atoms with Crippen LogP contribution in [0.3, 0.4) is 0 Å². The zero-order chi connectivity index (χ0) is 18.5. The van der Waals surface area contributed by atoms with Gasteiger partial charge in [-0.2, -0.15) is 0 Å². The number of benzene rings is 2. The number of carbonyl (C=O) groups is 3. The minimum absolute atomic E-state index is 0.0551. The standard InChI is InChI=1S/C19H18N2O5/c22-16-4-1-3-13(11-16)19(25)26-12-17(23)20-14-6-8-15(9-7-14)21-10-2-5-18(21)24/h1,3-4,6-9,11,22H,2,5,10,12H2,(H,20,23). The first kappa shape index (κ1) is 17.5. The molecule has 1 aliphatic heterocycles. The number of amides is 2. The Kier molecular flexibility index (Phi) is 5.17. The van der Waals surface area contributed by atoms with Gasteiger partial charge in [0.1, 0.15) is 5.75 Å². The van der Waals surface area contributed by atoms with E-state index in [4.69, 9.17) is 4.74 Å². The predicted octanol–water partition coefficient (Wildman–Crippen LogP) is 2.31. The number of nitrogens with one attached hydrogen (secondary N) is 1. The minimum atomic E-state index is -0.695. The number of phenolic OH excluding ortho intramolecular Hbond substituents is 1. The maximum atomic E-state index is 11.9. The number of anilines is 2. The molecule has 7 heteroatoms. The van der Waals surface area contributed by atoms with E-state index in [2.05, 4.69) is 5.32 Å². The summed E-state index contributed by atoms with van der Waals surface area (Å²) in [5.74, 6) is -1.14. The van der Waals surface area contributed by atoms with E-state index in [-0.39, 0.29) is 17.2 Å². The topological polar surface area (TPSA) is 95.9 Å². The van der Waals surface area contributed by atoms with E-state index in [0.29, 0.717) is 18.7 Å². The summed E-state index contributed by atoms with van der Waals surface area (Å²) in [6, 6.07) is 12.6. The van der Waals surface area contributed by atoms with Gasteiger partial charge in [-0.05, 0) is 48.9 Å². The van der Waals surface area contributed by atoms with Crippen molar-refractivity contribution < 1.29 is 24.2 Å². The molecule has 2 aromatic carbocycles. The molecule has 0 aliphatic carbocycles. The first-order chi connectivity index (χ1) is 12.5. The number of hydrogen-bond donors (Lipinski definition) is 2. The number of carbonyl (C=O) groups excluding carboxylic acids is 3. The van der Waals surface area contributed by atoms with Crippen molar-refractivity contribution in [2.24, 2.45) is 0 Å². The van der Waals surface area contributed by atoms with Gasteiger partial charge in [-0.25, -0.2) is 4.79 Å². The van der Waals surface area contributed by atoms with E-state index >= 15 is 0 Å². The fourth-order valence-electron chi connectivity index (χ4n) is 2.69. The minimum Gasteiger partial charge on any atom is -0.508 e. The van der Waals surface area contributed by atoms with Crippen LogP contribution in [0.15, 0.2) is 48.5 Å². The first-order valence-electron chi connectivity index (χ1n) is 8.19. The van der Waals surface area contributed by atoms with Gasteiger partial charge in [0, 0.05) is 24.3 Å². The van der Waals surface area contributed by atoms with Crippen LogP contribution in [0.25, 0.3) is 0 Å². The average molecular weight is 354 g/mol. The third kappa shape index (κ3) is 4.18. The highest BCUT2D eigenvalue weighted by molar-refractivity contribution is 5.97. The van der Waals surface area contributed by atoms with Crippen molar-refractivity contribution in [3.63, 3.8) is 0 Å². The fourth-order valence-corrected chi connectivity index (χ4v) is 2.69. The Hall–Kier alpha value is -3.35. The fraction of sp³-hybridized carbons (Fsp3) is 0.211. The molecule has 0 atom stereocenters. The molecule has 2 amide bonds. The molecule has 2 aromatic rings. The Bertz CT molecular complexity index is 832. The van der Waals surface area contributed by atoms with Gasteiger partial charge >= 0.3 is 5.97 Å². The highest BCUT2D eigenvalue weighted by Crippen LogP contribution is 2.23. The van der Waals surface area contributed by atoms with Crippen molar-refractivity contribution in [3.05, 3.63) is 54.1 Å². The normalized spacial score (nSPS) is 13.5. The summed E-state index contributed by atoms with van der Waals surface area (Å²) in [6.07, 6.45) is 1.41. The quantitative estimate of drug-likeness (QED) is 0.804. The molecule has 2 N–H and O–H groups in total. The van der Waals surface area contributed by atoms with Gasteiger partial charge in [-0.15, -0.1) is 0 Å². The smallest absolute Gasteiger partial charge is 0.338 e. The number of esters is 1. The summed E-state index contributed by atoms with van der Waals surface area (Å²) in [4.78, 5) is 37.2. The van der Waals surface area contributed by atoms with Crippen LogP contribution in [0.1, 0.15) is 23.2 Å². The molecule has 0 aromatic heterocycles. The van der Waals surface area contributed by atoms with Crippen molar-refractivity contribution in [2.45, 2.75) is 12.8 Å². The number of rotatable bonds is 5. The van der Waals surface area contributed by atoms with Crippen LogP contribution < -0.4 is 10.2 Å². The molecule has 0 spiro atoms. The summed E-state index contributed by atoms with van der Waals surface area (Å²) in [6.45, 7) is 0.260. The van der Waals surface area contributed by atoms with E-state index < -0.39 is 18.5 Å². The number of ether oxygens (including phenoxy) is 1. The third-order valence-corrected chi connectivity index (χ3v) is 3.95. The Morgan fingerprint density at radius 1 is 1.15 bits per heavy atom. The molecule has 0 radical (unpaired) electrons. The third-order valence-electron chi connectivity index (χ3n) is 3.95. The van der Waals surface area contributed by atoms with Gasteiger partial charge in [0.2, 0.25) is 5.91 Å². The summed E-state index contributed by atoms with van der Waals surface area (Å²) in [5, 5.41) is 12.0. The number of aromatic hydroxyl groups is 1. The lowest BCUT2D eigenvalue weighted by atomic mass is 10.2. The second-order valence-corrected chi connectivity index (χ2v) is 5.87. The molecule has 1 heterocycles. The van der Waals surface area contributed by atoms with Crippen LogP contribution in [-0.4, -0.2) is 36.0 Å². The Morgan fingerprint density at radius 2 is 1.92 bits per heavy atom. The largest absolute Gasteiger partial charge is 0.508 e. The zero-order valence-corrected chi connectivity index (χ0v) is 14.0. The SMILES string of the molecule is O=C(COC(=O)c1cccc(O)c1)Nc1ccc(N2CCCC2=O)cc1. The average Bonchev–Trinajstić information content (AvgIpc) is 3.06. The van der Waals surface area contributed by atoms with Gasteiger partial charge in [-0.1, -0.05) is 6.07 Å². The lowest BCUT2D eigenvalue weighted by Crippen LogP contribution is -2.23. The monoisotopic (exact) mass is 354 g/mol. The van der Waals surface area contributed by atoms with Crippen LogP contribution in [0, 0.1) is 0 Å². The van der Waals surface area contributed by atoms with Crippen molar-refractivity contribution in [1.29, 1.82) is 0 Å². The van der Waals surface area contributed by atoms with Gasteiger partial charge < -0.3 is 20.1 Å². The van der Waals surface area contributed by atoms with Crippen molar-refractivity contribution in [1.82, 2.24) is 0 Å². The Labute approximate surface area is 150 Å². The molecule has 7 nitrogen and oxygen atoms in total. The summed E-state index contributed by atoms with van der Waals surface area (Å²) < 4.78 is 4.92. The van der Waals surface area contributed by atoms with E-state index in [9.17, 15) is 19.5 Å². The predicted molar refractivity (Wildman–Crippen MR) is 95.0 cm³/mol. The molecule has 3 rings (SSSR count).